The fraction of sp³-hybridized carbons (Fsp3) is 0.250. The average Bonchev–Trinajstić information content (AvgIpc) is 2.38. The minimum Gasteiger partial charge on any atom is -0.343 e. The summed E-state index contributed by atoms with van der Waals surface area (Å²) < 4.78 is 0. The number of benzene rings is 2. The van der Waals surface area contributed by atoms with Crippen LogP contribution in [0.5, 0.6) is 0 Å². The van der Waals surface area contributed by atoms with Crippen molar-refractivity contribution in [2.75, 3.05) is 11.9 Å². The van der Waals surface area contributed by atoms with Crippen molar-refractivity contribution in [3.8, 4) is 0 Å². The molecule has 2 nitrogen and oxygen atoms in total. The zero-order valence-corrected chi connectivity index (χ0v) is 12.1. The average molecular weight is 275 g/mol. The van der Waals surface area contributed by atoms with Gasteiger partial charge in [-0.05, 0) is 43.2 Å². The van der Waals surface area contributed by atoms with Crippen molar-refractivity contribution in [3.05, 3.63) is 59.1 Å². The van der Waals surface area contributed by atoms with Crippen LogP contribution in [0, 0.1) is 0 Å². The van der Waals surface area contributed by atoms with Gasteiger partial charge in [0.05, 0.1) is 10.7 Å². The van der Waals surface area contributed by atoms with Crippen molar-refractivity contribution >= 4 is 23.0 Å². The van der Waals surface area contributed by atoms with E-state index in [0.29, 0.717) is 0 Å². The molecule has 19 heavy (non-hydrogen) atoms. The van der Waals surface area contributed by atoms with E-state index in [1.807, 2.05) is 44.3 Å². The highest BCUT2D eigenvalue weighted by Gasteiger charge is 2.09. The Labute approximate surface area is 119 Å². The first-order chi connectivity index (χ1) is 9.08. The third-order valence-corrected chi connectivity index (χ3v) is 3.38. The third-order valence-electron chi connectivity index (χ3n) is 3.07. The van der Waals surface area contributed by atoms with E-state index in [4.69, 9.17) is 17.3 Å². The summed E-state index contributed by atoms with van der Waals surface area (Å²) in [7, 11) is 2.02. The highest BCUT2D eigenvalue weighted by Crippen LogP contribution is 2.31. The molecule has 0 aromatic heterocycles. The molecule has 0 spiro atoms. The predicted molar refractivity (Wildman–Crippen MR) is 83.3 cm³/mol. The zero-order chi connectivity index (χ0) is 13.8. The number of rotatable bonds is 4. The summed E-state index contributed by atoms with van der Waals surface area (Å²) in [6.07, 6.45) is 0.842. The van der Waals surface area contributed by atoms with Gasteiger partial charge in [0.1, 0.15) is 0 Å². The summed E-state index contributed by atoms with van der Waals surface area (Å²) in [5.74, 6) is 0. The van der Waals surface area contributed by atoms with E-state index in [2.05, 4.69) is 23.1 Å². The fourth-order valence-corrected chi connectivity index (χ4v) is 2.44. The Morgan fingerprint density at radius 3 is 2.42 bits per heavy atom. The van der Waals surface area contributed by atoms with Gasteiger partial charge in [0.2, 0.25) is 0 Å². The van der Waals surface area contributed by atoms with E-state index < -0.39 is 0 Å². The van der Waals surface area contributed by atoms with Gasteiger partial charge in [0.15, 0.2) is 0 Å². The second-order valence-corrected chi connectivity index (χ2v) is 5.27. The zero-order valence-electron chi connectivity index (χ0n) is 11.3. The first kappa shape index (κ1) is 13.9. The molecule has 2 N–H and O–H groups in total. The van der Waals surface area contributed by atoms with E-state index in [9.17, 15) is 0 Å². The van der Waals surface area contributed by atoms with Crippen LogP contribution in [0.15, 0.2) is 48.5 Å². The lowest BCUT2D eigenvalue weighted by Gasteiger charge is -2.21. The lowest BCUT2D eigenvalue weighted by molar-refractivity contribution is 0.738. The molecule has 1 unspecified atom stereocenters. The number of nitrogens with zero attached hydrogens (tertiary/aromatic N) is 1. The van der Waals surface area contributed by atoms with Crippen LogP contribution < -0.4 is 10.6 Å². The largest absolute Gasteiger partial charge is 0.343 e. The topological polar surface area (TPSA) is 29.3 Å². The van der Waals surface area contributed by atoms with Gasteiger partial charge in [-0.1, -0.05) is 35.9 Å². The number of para-hydroxylation sites is 1. The number of hydrogen-bond donors (Lipinski definition) is 1. The summed E-state index contributed by atoms with van der Waals surface area (Å²) in [5, 5.41) is 0.754. The van der Waals surface area contributed by atoms with Gasteiger partial charge in [0, 0.05) is 18.8 Å². The molecule has 3 heteroatoms. The lowest BCUT2D eigenvalue weighted by atomic mass is 10.1. The van der Waals surface area contributed by atoms with Gasteiger partial charge in [-0.3, -0.25) is 0 Å². The summed E-state index contributed by atoms with van der Waals surface area (Å²) in [5.41, 5.74) is 9.10. The van der Waals surface area contributed by atoms with E-state index in [1.54, 1.807) is 0 Å². The summed E-state index contributed by atoms with van der Waals surface area (Å²) in [4.78, 5) is 2.08. The van der Waals surface area contributed by atoms with E-state index in [-0.39, 0.29) is 6.04 Å². The molecule has 0 radical (unpaired) electrons. The second-order valence-electron chi connectivity index (χ2n) is 4.86. The van der Waals surface area contributed by atoms with Crippen LogP contribution in [0.3, 0.4) is 0 Å². The normalized spacial score (nSPS) is 12.2. The Kier molecular flexibility index (Phi) is 4.46. The molecular formula is C16H19ClN2. The van der Waals surface area contributed by atoms with E-state index >= 15 is 0 Å². The lowest BCUT2D eigenvalue weighted by Crippen LogP contribution is -2.18. The predicted octanol–water partition coefficient (Wildman–Crippen LogP) is 4.00. The molecule has 0 aliphatic heterocycles. The van der Waals surface area contributed by atoms with Gasteiger partial charge in [-0.2, -0.15) is 0 Å². The van der Waals surface area contributed by atoms with Crippen LogP contribution in [0.4, 0.5) is 11.4 Å². The molecule has 0 saturated carbocycles. The van der Waals surface area contributed by atoms with Crippen molar-refractivity contribution < 1.29 is 0 Å². The van der Waals surface area contributed by atoms with Gasteiger partial charge < -0.3 is 10.6 Å². The molecule has 0 fully saturated rings. The molecule has 100 valence electrons. The Bertz CT molecular complexity index is 538. The second kappa shape index (κ2) is 6.09. The van der Waals surface area contributed by atoms with Crippen LogP contribution in [0.25, 0.3) is 0 Å². The molecule has 2 aromatic carbocycles. The standard InChI is InChI=1S/C16H19ClN2/c1-12(18)10-13-8-9-16(15(17)11-13)19(2)14-6-4-3-5-7-14/h3-9,11-12H,10,18H2,1-2H3. The number of nitrogens with two attached hydrogens (primary N) is 1. The maximum absolute atomic E-state index is 6.38. The number of halogens is 1. The molecular weight excluding hydrogens is 256 g/mol. The fourth-order valence-electron chi connectivity index (χ4n) is 2.11. The van der Waals surface area contributed by atoms with Crippen molar-refractivity contribution in [1.29, 1.82) is 0 Å². The number of hydrogen-bond acceptors (Lipinski definition) is 2. The molecule has 0 aliphatic carbocycles. The Balaban J connectivity index is 2.26. The Morgan fingerprint density at radius 2 is 1.84 bits per heavy atom. The van der Waals surface area contributed by atoms with Crippen LogP contribution >= 0.6 is 11.6 Å². The first-order valence-electron chi connectivity index (χ1n) is 6.40. The van der Waals surface area contributed by atoms with Gasteiger partial charge in [-0.15, -0.1) is 0 Å². The molecule has 2 aromatic rings. The van der Waals surface area contributed by atoms with Crippen molar-refractivity contribution in [2.45, 2.75) is 19.4 Å². The molecule has 0 amide bonds. The van der Waals surface area contributed by atoms with Crippen LogP contribution in [0.2, 0.25) is 5.02 Å². The van der Waals surface area contributed by atoms with Gasteiger partial charge in [0.25, 0.3) is 0 Å². The monoisotopic (exact) mass is 274 g/mol. The molecule has 0 saturated heterocycles. The maximum Gasteiger partial charge on any atom is 0.0645 e. The SMILES string of the molecule is CC(N)Cc1ccc(N(C)c2ccccc2)c(Cl)c1. The van der Waals surface area contributed by atoms with E-state index in [0.717, 1.165) is 22.8 Å². The van der Waals surface area contributed by atoms with Crippen molar-refractivity contribution in [3.63, 3.8) is 0 Å². The molecule has 1 atom stereocenters. The molecule has 0 aliphatic rings. The molecule has 0 heterocycles. The minimum atomic E-state index is 0.147. The molecule has 2 rings (SSSR count). The Morgan fingerprint density at radius 1 is 1.16 bits per heavy atom. The quantitative estimate of drug-likeness (QED) is 0.913. The maximum atomic E-state index is 6.38. The van der Waals surface area contributed by atoms with Gasteiger partial charge in [-0.25, -0.2) is 0 Å². The van der Waals surface area contributed by atoms with Crippen LogP contribution in [-0.4, -0.2) is 13.1 Å². The highest BCUT2D eigenvalue weighted by atomic mass is 35.5. The molecule has 0 bridgehead atoms. The summed E-state index contributed by atoms with van der Waals surface area (Å²) in [6.45, 7) is 2.00. The Hall–Kier alpha value is -1.51. The van der Waals surface area contributed by atoms with Crippen molar-refractivity contribution in [2.24, 2.45) is 5.73 Å². The summed E-state index contributed by atoms with van der Waals surface area (Å²) >= 11 is 6.38. The third kappa shape index (κ3) is 3.49. The number of anilines is 2. The summed E-state index contributed by atoms with van der Waals surface area (Å²) in [6, 6.07) is 16.4. The van der Waals surface area contributed by atoms with Gasteiger partial charge >= 0.3 is 0 Å². The van der Waals surface area contributed by atoms with Crippen molar-refractivity contribution in [1.82, 2.24) is 0 Å². The van der Waals surface area contributed by atoms with Crippen LogP contribution in [-0.2, 0) is 6.42 Å². The van der Waals surface area contributed by atoms with E-state index in [1.165, 1.54) is 5.56 Å². The highest BCUT2D eigenvalue weighted by molar-refractivity contribution is 6.33. The first-order valence-corrected chi connectivity index (χ1v) is 6.78. The minimum absolute atomic E-state index is 0.147. The van der Waals surface area contributed by atoms with Crippen LogP contribution in [0.1, 0.15) is 12.5 Å². The smallest absolute Gasteiger partial charge is 0.0645 e.